The summed E-state index contributed by atoms with van der Waals surface area (Å²) in [4.78, 5) is 22.4. The largest absolute Gasteiger partial charge is 0.480 e. The molecule has 1 fully saturated rings. The van der Waals surface area contributed by atoms with Gasteiger partial charge in [-0.1, -0.05) is 20.8 Å². The molecule has 98 valence electrons. The second kappa shape index (κ2) is 5.04. The Bertz CT molecular complexity index is 315. The molecule has 3 unspecified atom stereocenters. The van der Waals surface area contributed by atoms with Crippen molar-refractivity contribution in [3.8, 4) is 0 Å². The van der Waals surface area contributed by atoms with Gasteiger partial charge in [-0.2, -0.15) is 0 Å². The smallest absolute Gasteiger partial charge is 0.322 e. The average molecular weight is 242 g/mol. The summed E-state index contributed by atoms with van der Waals surface area (Å²) >= 11 is 0. The van der Waals surface area contributed by atoms with Crippen molar-refractivity contribution < 1.29 is 14.7 Å². The van der Waals surface area contributed by atoms with Crippen molar-refractivity contribution >= 4 is 11.9 Å². The Morgan fingerprint density at radius 3 is 2.53 bits per heavy atom. The predicted octanol–water partition coefficient (Wildman–Crippen LogP) is 0.587. The van der Waals surface area contributed by atoms with Gasteiger partial charge in [0.1, 0.15) is 6.54 Å². The van der Waals surface area contributed by atoms with Crippen molar-refractivity contribution in [1.29, 1.82) is 0 Å². The van der Waals surface area contributed by atoms with Crippen molar-refractivity contribution in [2.45, 2.75) is 39.7 Å². The highest BCUT2D eigenvalue weighted by Crippen LogP contribution is 2.44. The van der Waals surface area contributed by atoms with Gasteiger partial charge in [-0.05, 0) is 24.2 Å². The van der Waals surface area contributed by atoms with E-state index < -0.39 is 5.97 Å². The summed E-state index contributed by atoms with van der Waals surface area (Å²) in [6.07, 6.45) is 1.54. The molecule has 1 amide bonds. The first-order valence-corrected chi connectivity index (χ1v) is 6.02. The van der Waals surface area contributed by atoms with E-state index in [0.717, 1.165) is 12.8 Å². The van der Waals surface area contributed by atoms with Crippen molar-refractivity contribution in [1.82, 2.24) is 5.32 Å². The van der Waals surface area contributed by atoms with Crippen LogP contribution in [-0.4, -0.2) is 29.6 Å². The molecule has 0 heterocycles. The average Bonchev–Trinajstić information content (AvgIpc) is 2.23. The summed E-state index contributed by atoms with van der Waals surface area (Å²) in [6.45, 7) is 5.80. The maximum Gasteiger partial charge on any atom is 0.322 e. The lowest BCUT2D eigenvalue weighted by Crippen LogP contribution is -2.52. The molecule has 0 bridgehead atoms. The van der Waals surface area contributed by atoms with Crippen LogP contribution < -0.4 is 11.1 Å². The first-order valence-electron chi connectivity index (χ1n) is 6.02. The van der Waals surface area contributed by atoms with Crippen molar-refractivity contribution in [2.75, 3.05) is 6.54 Å². The summed E-state index contributed by atoms with van der Waals surface area (Å²) in [5.74, 6) is -1.10. The van der Waals surface area contributed by atoms with E-state index in [1.165, 1.54) is 0 Å². The van der Waals surface area contributed by atoms with Gasteiger partial charge in [0, 0.05) is 12.0 Å². The molecular formula is C12H22N2O3. The van der Waals surface area contributed by atoms with Crippen LogP contribution in [0.25, 0.3) is 0 Å². The lowest BCUT2D eigenvalue weighted by molar-refractivity contribution is -0.140. The molecule has 3 atom stereocenters. The summed E-state index contributed by atoms with van der Waals surface area (Å²) in [5.41, 5.74) is 5.82. The number of carbonyl (C=O) groups is 2. The van der Waals surface area contributed by atoms with Crippen LogP contribution in [-0.2, 0) is 9.59 Å². The highest BCUT2D eigenvalue weighted by atomic mass is 16.4. The Labute approximate surface area is 102 Å². The highest BCUT2D eigenvalue weighted by Gasteiger charge is 2.44. The van der Waals surface area contributed by atoms with E-state index in [2.05, 4.69) is 12.2 Å². The second-order valence-electron chi connectivity index (χ2n) is 5.52. The molecule has 5 heteroatoms. The van der Waals surface area contributed by atoms with Crippen molar-refractivity contribution in [3.05, 3.63) is 0 Å². The molecule has 0 radical (unpaired) electrons. The summed E-state index contributed by atoms with van der Waals surface area (Å²) in [6, 6.07) is 0.119. The molecule has 1 aliphatic carbocycles. The van der Waals surface area contributed by atoms with Crippen LogP contribution in [0, 0.1) is 17.3 Å². The first kappa shape index (κ1) is 14.0. The predicted molar refractivity (Wildman–Crippen MR) is 64.3 cm³/mol. The van der Waals surface area contributed by atoms with Crippen LogP contribution in [0.1, 0.15) is 33.6 Å². The minimum Gasteiger partial charge on any atom is -0.480 e. The summed E-state index contributed by atoms with van der Waals surface area (Å²) in [7, 11) is 0. The van der Waals surface area contributed by atoms with Gasteiger partial charge in [0.2, 0.25) is 5.91 Å². The number of aliphatic carboxylic acids is 1. The number of hydrogen-bond acceptors (Lipinski definition) is 3. The molecule has 0 aromatic heterocycles. The van der Waals surface area contributed by atoms with Gasteiger partial charge in [-0.15, -0.1) is 0 Å². The minimum atomic E-state index is -1.02. The second-order valence-corrected chi connectivity index (χ2v) is 5.52. The first-order chi connectivity index (χ1) is 7.76. The lowest BCUT2D eigenvalue weighted by atomic mass is 9.61. The van der Waals surface area contributed by atoms with Crippen LogP contribution >= 0.6 is 0 Å². The number of hydrogen-bond donors (Lipinski definition) is 3. The third kappa shape index (κ3) is 2.97. The Hall–Kier alpha value is -1.10. The lowest BCUT2D eigenvalue weighted by Gasteiger charge is -2.45. The molecule has 1 saturated carbocycles. The fourth-order valence-corrected chi connectivity index (χ4v) is 2.61. The van der Waals surface area contributed by atoms with Gasteiger partial charge in [-0.3, -0.25) is 9.59 Å². The topological polar surface area (TPSA) is 92.4 Å². The molecule has 0 aromatic rings. The number of carboxylic acids is 1. The standard InChI is InChI=1S/C12H22N2O3/c1-7-9(13)5-4-8(12(7,2)3)11(17)14-6-10(15)16/h7-9H,4-6,13H2,1-3H3,(H,14,17)(H,15,16). The van der Waals surface area contributed by atoms with Crippen LogP contribution in [0.3, 0.4) is 0 Å². The Morgan fingerprint density at radius 1 is 1.41 bits per heavy atom. The number of amides is 1. The number of nitrogens with two attached hydrogens (primary N) is 1. The van der Waals surface area contributed by atoms with E-state index >= 15 is 0 Å². The van der Waals surface area contributed by atoms with Gasteiger partial charge in [-0.25, -0.2) is 0 Å². The van der Waals surface area contributed by atoms with E-state index in [4.69, 9.17) is 10.8 Å². The molecule has 0 saturated heterocycles. The van der Waals surface area contributed by atoms with Crippen LogP contribution in [0.2, 0.25) is 0 Å². The van der Waals surface area contributed by atoms with Gasteiger partial charge in [0.15, 0.2) is 0 Å². The van der Waals surface area contributed by atoms with Gasteiger partial charge in [0.05, 0.1) is 0 Å². The maximum absolute atomic E-state index is 12.0. The van der Waals surface area contributed by atoms with E-state index in [-0.39, 0.29) is 35.7 Å². The molecule has 0 aromatic carbocycles. The van der Waals surface area contributed by atoms with Crippen LogP contribution in [0.5, 0.6) is 0 Å². The fourth-order valence-electron chi connectivity index (χ4n) is 2.61. The molecule has 17 heavy (non-hydrogen) atoms. The van der Waals surface area contributed by atoms with E-state index in [1.54, 1.807) is 0 Å². The zero-order chi connectivity index (χ0) is 13.2. The monoisotopic (exact) mass is 242 g/mol. The molecular weight excluding hydrogens is 220 g/mol. The van der Waals surface area contributed by atoms with Crippen LogP contribution in [0.15, 0.2) is 0 Å². The van der Waals surface area contributed by atoms with Crippen molar-refractivity contribution in [2.24, 2.45) is 23.0 Å². The SMILES string of the molecule is CC1C(N)CCC(C(=O)NCC(=O)O)C1(C)C. The third-order valence-corrected chi connectivity index (χ3v) is 4.23. The number of nitrogens with one attached hydrogen (secondary N) is 1. The maximum atomic E-state index is 12.0. The molecule has 4 N–H and O–H groups in total. The van der Waals surface area contributed by atoms with E-state index in [1.807, 2.05) is 13.8 Å². The molecule has 0 spiro atoms. The Morgan fingerprint density at radius 2 is 2.00 bits per heavy atom. The van der Waals surface area contributed by atoms with Gasteiger partial charge < -0.3 is 16.2 Å². The summed E-state index contributed by atoms with van der Waals surface area (Å²) < 4.78 is 0. The zero-order valence-electron chi connectivity index (χ0n) is 10.7. The number of carboxylic acid groups (broad SMARTS) is 1. The molecule has 0 aliphatic heterocycles. The van der Waals surface area contributed by atoms with E-state index in [0.29, 0.717) is 0 Å². The highest BCUT2D eigenvalue weighted by molar-refractivity contribution is 5.83. The number of rotatable bonds is 3. The normalized spacial score (nSPS) is 31.9. The molecule has 5 nitrogen and oxygen atoms in total. The molecule has 1 aliphatic rings. The molecule has 1 rings (SSSR count). The Balaban J connectivity index is 2.70. The summed E-state index contributed by atoms with van der Waals surface area (Å²) in [5, 5.41) is 11.0. The van der Waals surface area contributed by atoms with Crippen LogP contribution in [0.4, 0.5) is 0 Å². The Kier molecular flexibility index (Phi) is 4.14. The fraction of sp³-hybridized carbons (Fsp3) is 0.833. The third-order valence-electron chi connectivity index (χ3n) is 4.23. The zero-order valence-corrected chi connectivity index (χ0v) is 10.7. The van der Waals surface area contributed by atoms with Crippen molar-refractivity contribution in [3.63, 3.8) is 0 Å². The quantitative estimate of drug-likeness (QED) is 0.675. The van der Waals surface area contributed by atoms with Gasteiger partial charge in [0.25, 0.3) is 0 Å². The number of carbonyl (C=O) groups excluding carboxylic acids is 1. The van der Waals surface area contributed by atoms with Gasteiger partial charge >= 0.3 is 5.97 Å². The van der Waals surface area contributed by atoms with E-state index in [9.17, 15) is 9.59 Å². The minimum absolute atomic E-state index is 0.119.